The highest BCUT2D eigenvalue weighted by Gasteiger charge is 2.15. The fourth-order valence-corrected chi connectivity index (χ4v) is 2.12. The lowest BCUT2D eigenvalue weighted by atomic mass is 10.2. The molecule has 1 rings (SSSR count). The molecule has 3 N–H and O–H groups in total. The SMILES string of the molecule is CC(C)(C)OC(=O)NCCNC(=S)NCc1cccs1. The predicted octanol–water partition coefficient (Wildman–Crippen LogP) is 2.24. The van der Waals surface area contributed by atoms with Gasteiger partial charge in [0, 0.05) is 18.0 Å². The number of amides is 1. The van der Waals surface area contributed by atoms with Gasteiger partial charge in [0.05, 0.1) is 6.54 Å². The molecule has 0 saturated heterocycles. The molecule has 1 aromatic rings. The van der Waals surface area contributed by atoms with E-state index in [0.717, 1.165) is 0 Å². The van der Waals surface area contributed by atoms with Crippen molar-refractivity contribution in [2.75, 3.05) is 13.1 Å². The van der Waals surface area contributed by atoms with Crippen molar-refractivity contribution in [3.05, 3.63) is 22.4 Å². The maximum atomic E-state index is 11.4. The number of nitrogens with one attached hydrogen (secondary N) is 3. The van der Waals surface area contributed by atoms with Crippen LogP contribution in [0.25, 0.3) is 0 Å². The summed E-state index contributed by atoms with van der Waals surface area (Å²) < 4.78 is 5.12. The standard InChI is InChI=1S/C13H21N3O2S2/c1-13(2,3)18-12(17)15-7-6-14-11(19)16-9-10-5-4-8-20-10/h4-5,8H,6-7,9H2,1-3H3,(H,15,17)(H2,14,16,19). The summed E-state index contributed by atoms with van der Waals surface area (Å²) in [4.78, 5) is 12.6. The number of ether oxygens (including phenoxy) is 1. The number of hydrogen-bond acceptors (Lipinski definition) is 4. The quantitative estimate of drug-likeness (QED) is 0.574. The maximum absolute atomic E-state index is 11.4. The molecule has 0 bridgehead atoms. The van der Waals surface area contributed by atoms with Crippen molar-refractivity contribution in [3.63, 3.8) is 0 Å². The van der Waals surface area contributed by atoms with Crippen molar-refractivity contribution in [3.8, 4) is 0 Å². The second kappa shape index (κ2) is 8.06. The zero-order valence-electron chi connectivity index (χ0n) is 12.0. The molecule has 1 amide bonds. The van der Waals surface area contributed by atoms with Gasteiger partial charge in [-0.2, -0.15) is 0 Å². The molecule has 1 aromatic heterocycles. The molecule has 0 radical (unpaired) electrons. The number of carbonyl (C=O) groups excluding carboxylic acids is 1. The third-order valence-corrected chi connectivity index (χ3v) is 3.25. The highest BCUT2D eigenvalue weighted by Crippen LogP contribution is 2.07. The van der Waals surface area contributed by atoms with Crippen molar-refractivity contribution >= 4 is 34.8 Å². The van der Waals surface area contributed by atoms with Crippen molar-refractivity contribution in [2.45, 2.75) is 32.9 Å². The molecule has 0 fully saturated rings. The summed E-state index contributed by atoms with van der Waals surface area (Å²) in [5.41, 5.74) is -0.477. The van der Waals surface area contributed by atoms with Crippen LogP contribution in [0, 0.1) is 0 Å². The van der Waals surface area contributed by atoms with Crippen molar-refractivity contribution < 1.29 is 9.53 Å². The lowest BCUT2D eigenvalue weighted by Gasteiger charge is -2.19. The van der Waals surface area contributed by atoms with Crippen LogP contribution in [-0.2, 0) is 11.3 Å². The smallest absolute Gasteiger partial charge is 0.407 e. The molecule has 0 aromatic carbocycles. The van der Waals surface area contributed by atoms with Crippen molar-refractivity contribution in [2.24, 2.45) is 0 Å². The molecule has 0 aliphatic rings. The van der Waals surface area contributed by atoms with Gasteiger partial charge in [-0.3, -0.25) is 0 Å². The van der Waals surface area contributed by atoms with Crippen molar-refractivity contribution in [1.82, 2.24) is 16.0 Å². The van der Waals surface area contributed by atoms with Crippen LogP contribution in [0.15, 0.2) is 17.5 Å². The largest absolute Gasteiger partial charge is 0.444 e. The van der Waals surface area contributed by atoms with Gasteiger partial charge < -0.3 is 20.7 Å². The van der Waals surface area contributed by atoms with E-state index in [1.54, 1.807) is 11.3 Å². The zero-order chi connectivity index (χ0) is 15.0. The van der Waals surface area contributed by atoms with E-state index in [-0.39, 0.29) is 0 Å². The topological polar surface area (TPSA) is 62.4 Å². The van der Waals surface area contributed by atoms with Gasteiger partial charge in [0.1, 0.15) is 5.60 Å². The molecule has 0 aliphatic heterocycles. The van der Waals surface area contributed by atoms with Crippen LogP contribution in [0.5, 0.6) is 0 Å². The fraction of sp³-hybridized carbons (Fsp3) is 0.538. The number of rotatable bonds is 5. The van der Waals surface area contributed by atoms with E-state index in [0.29, 0.717) is 24.7 Å². The van der Waals surface area contributed by atoms with E-state index < -0.39 is 11.7 Å². The normalized spacial score (nSPS) is 10.8. The molecule has 5 nitrogen and oxygen atoms in total. The summed E-state index contributed by atoms with van der Waals surface area (Å²) in [6.07, 6.45) is -0.420. The Kier molecular flexibility index (Phi) is 6.74. The first kappa shape index (κ1) is 16.7. The Morgan fingerprint density at radius 2 is 2.00 bits per heavy atom. The van der Waals surface area contributed by atoms with Gasteiger partial charge >= 0.3 is 6.09 Å². The van der Waals surface area contributed by atoms with Crippen LogP contribution >= 0.6 is 23.6 Å². The van der Waals surface area contributed by atoms with Crippen LogP contribution in [0.1, 0.15) is 25.6 Å². The Balaban J connectivity index is 2.06. The van der Waals surface area contributed by atoms with Gasteiger partial charge in [0.25, 0.3) is 0 Å². The monoisotopic (exact) mass is 315 g/mol. The molecular formula is C13H21N3O2S2. The Bertz CT molecular complexity index is 427. The second-order valence-corrected chi connectivity index (χ2v) is 6.56. The average molecular weight is 315 g/mol. The lowest BCUT2D eigenvalue weighted by Crippen LogP contribution is -2.41. The number of alkyl carbamates (subject to hydrolysis) is 1. The summed E-state index contributed by atoms with van der Waals surface area (Å²) in [6, 6.07) is 4.05. The Labute approximate surface area is 129 Å². The summed E-state index contributed by atoms with van der Waals surface area (Å²) >= 11 is 6.81. The van der Waals surface area contributed by atoms with Crippen LogP contribution < -0.4 is 16.0 Å². The third-order valence-electron chi connectivity index (χ3n) is 2.08. The highest BCUT2D eigenvalue weighted by molar-refractivity contribution is 7.80. The highest BCUT2D eigenvalue weighted by atomic mass is 32.1. The minimum atomic E-state index is -0.477. The van der Waals surface area contributed by atoms with E-state index in [4.69, 9.17) is 17.0 Å². The van der Waals surface area contributed by atoms with E-state index in [2.05, 4.69) is 16.0 Å². The molecular weight excluding hydrogens is 294 g/mol. The van der Waals surface area contributed by atoms with E-state index in [1.165, 1.54) is 4.88 Å². The number of thiocarbonyl (C=S) groups is 1. The summed E-state index contributed by atoms with van der Waals surface area (Å²) in [7, 11) is 0. The van der Waals surface area contributed by atoms with Gasteiger partial charge in [0.2, 0.25) is 0 Å². The fourth-order valence-electron chi connectivity index (χ4n) is 1.30. The molecule has 0 spiro atoms. The number of thiophene rings is 1. The molecule has 1 heterocycles. The molecule has 20 heavy (non-hydrogen) atoms. The first-order valence-electron chi connectivity index (χ1n) is 6.38. The second-order valence-electron chi connectivity index (χ2n) is 5.12. The van der Waals surface area contributed by atoms with E-state index in [1.807, 2.05) is 38.3 Å². The average Bonchev–Trinajstić information content (AvgIpc) is 2.83. The summed E-state index contributed by atoms with van der Waals surface area (Å²) in [6.45, 7) is 7.20. The van der Waals surface area contributed by atoms with Crippen LogP contribution in [0.4, 0.5) is 4.79 Å². The molecule has 0 aliphatic carbocycles. The minimum Gasteiger partial charge on any atom is -0.444 e. The van der Waals surface area contributed by atoms with Gasteiger partial charge in [-0.05, 0) is 44.4 Å². The van der Waals surface area contributed by atoms with Crippen LogP contribution in [0.2, 0.25) is 0 Å². The Morgan fingerprint density at radius 1 is 1.30 bits per heavy atom. The lowest BCUT2D eigenvalue weighted by molar-refractivity contribution is 0.0529. The van der Waals surface area contributed by atoms with Crippen molar-refractivity contribution in [1.29, 1.82) is 0 Å². The zero-order valence-corrected chi connectivity index (χ0v) is 13.6. The molecule has 7 heteroatoms. The predicted molar refractivity (Wildman–Crippen MR) is 86.0 cm³/mol. The Morgan fingerprint density at radius 3 is 2.60 bits per heavy atom. The van der Waals surface area contributed by atoms with Gasteiger partial charge in [-0.15, -0.1) is 11.3 Å². The van der Waals surface area contributed by atoms with E-state index >= 15 is 0 Å². The van der Waals surface area contributed by atoms with Crippen LogP contribution in [0.3, 0.4) is 0 Å². The Hall–Kier alpha value is -1.34. The molecule has 0 atom stereocenters. The minimum absolute atomic E-state index is 0.420. The summed E-state index contributed by atoms with van der Waals surface area (Å²) in [5, 5.41) is 11.4. The maximum Gasteiger partial charge on any atom is 0.407 e. The van der Waals surface area contributed by atoms with Gasteiger partial charge in [-0.25, -0.2) is 4.79 Å². The molecule has 0 saturated carbocycles. The third kappa shape index (κ3) is 7.96. The molecule has 0 unspecified atom stereocenters. The van der Waals surface area contributed by atoms with Crippen LogP contribution in [-0.4, -0.2) is 29.9 Å². The summed E-state index contributed by atoms with van der Waals surface area (Å²) in [5.74, 6) is 0. The molecule has 112 valence electrons. The first-order valence-corrected chi connectivity index (χ1v) is 7.66. The number of hydrogen-bond donors (Lipinski definition) is 3. The van der Waals surface area contributed by atoms with E-state index in [9.17, 15) is 4.79 Å². The number of carbonyl (C=O) groups is 1. The first-order chi connectivity index (χ1) is 9.37. The van der Waals surface area contributed by atoms with Gasteiger partial charge in [-0.1, -0.05) is 6.07 Å². The van der Waals surface area contributed by atoms with Gasteiger partial charge in [0.15, 0.2) is 5.11 Å².